The van der Waals surface area contributed by atoms with Crippen LogP contribution in [0.5, 0.6) is 0 Å². The minimum Gasteiger partial charge on any atom is -0.388 e. The molecule has 0 aromatic heterocycles. The van der Waals surface area contributed by atoms with Crippen molar-refractivity contribution in [3.8, 4) is 0 Å². The summed E-state index contributed by atoms with van der Waals surface area (Å²) in [5, 5.41) is 7.27. The molecule has 0 heterocycles. The van der Waals surface area contributed by atoms with Crippen molar-refractivity contribution in [3.05, 3.63) is 35.4 Å². The molecule has 1 aliphatic rings. The van der Waals surface area contributed by atoms with E-state index in [0.29, 0.717) is 12.3 Å². The monoisotopic (exact) mass is 231 g/mol. The molecule has 2 rings (SSSR count). The normalized spacial score (nSPS) is 17.6. The summed E-state index contributed by atoms with van der Waals surface area (Å²) in [7, 11) is 0. The van der Waals surface area contributed by atoms with Gasteiger partial charge >= 0.3 is 0 Å². The van der Waals surface area contributed by atoms with Gasteiger partial charge in [-0.05, 0) is 24.1 Å². The number of hydrogen-bond acceptors (Lipinski definition) is 2. The molecule has 1 atom stereocenters. The molecule has 0 amide bonds. The van der Waals surface area contributed by atoms with E-state index in [1.807, 2.05) is 0 Å². The molecule has 3 nitrogen and oxygen atoms in total. The lowest BCUT2D eigenvalue weighted by Gasteiger charge is -2.34. The third-order valence-electron chi connectivity index (χ3n) is 3.58. The van der Waals surface area contributed by atoms with Gasteiger partial charge in [-0.3, -0.25) is 5.41 Å². The standard InChI is InChI=1S/C14H21N3/c1-2-17(8-7-14(15)16)10-12-9-11-5-3-4-6-13(11)12/h3-6,12H,2,7-10H2,1H3,(H3,15,16). The first-order chi connectivity index (χ1) is 8.20. The van der Waals surface area contributed by atoms with Gasteiger partial charge in [-0.1, -0.05) is 31.2 Å². The topological polar surface area (TPSA) is 53.1 Å². The second-order valence-corrected chi connectivity index (χ2v) is 4.77. The van der Waals surface area contributed by atoms with E-state index in [1.165, 1.54) is 17.5 Å². The molecular weight excluding hydrogens is 210 g/mol. The largest absolute Gasteiger partial charge is 0.388 e. The van der Waals surface area contributed by atoms with Crippen LogP contribution in [0.1, 0.15) is 30.4 Å². The first-order valence-electron chi connectivity index (χ1n) is 6.33. The molecule has 1 aromatic rings. The van der Waals surface area contributed by atoms with Crippen molar-refractivity contribution in [3.63, 3.8) is 0 Å². The summed E-state index contributed by atoms with van der Waals surface area (Å²) in [5.74, 6) is 0.968. The molecular formula is C14H21N3. The SMILES string of the molecule is CCN(CCC(=N)N)CC1Cc2ccccc21. The van der Waals surface area contributed by atoms with E-state index in [4.69, 9.17) is 11.1 Å². The van der Waals surface area contributed by atoms with Crippen molar-refractivity contribution in [2.24, 2.45) is 5.73 Å². The first kappa shape index (κ1) is 12.1. The Morgan fingerprint density at radius 3 is 2.88 bits per heavy atom. The maximum Gasteiger partial charge on any atom is 0.0918 e. The zero-order valence-corrected chi connectivity index (χ0v) is 10.4. The van der Waals surface area contributed by atoms with Gasteiger partial charge in [0.2, 0.25) is 0 Å². The van der Waals surface area contributed by atoms with Crippen molar-refractivity contribution in [1.82, 2.24) is 4.90 Å². The number of fused-ring (bicyclic) bond motifs is 1. The molecule has 0 spiro atoms. The Labute approximate surface area is 103 Å². The molecule has 1 aromatic carbocycles. The molecule has 0 saturated carbocycles. The third kappa shape index (κ3) is 2.86. The van der Waals surface area contributed by atoms with Gasteiger partial charge in [-0.15, -0.1) is 0 Å². The average molecular weight is 231 g/mol. The van der Waals surface area contributed by atoms with Crippen molar-refractivity contribution < 1.29 is 0 Å². The average Bonchev–Trinajstić information content (AvgIpc) is 2.29. The molecule has 1 unspecified atom stereocenters. The van der Waals surface area contributed by atoms with Gasteiger partial charge in [0.05, 0.1) is 5.84 Å². The summed E-state index contributed by atoms with van der Waals surface area (Å²) < 4.78 is 0. The fourth-order valence-corrected chi connectivity index (χ4v) is 2.49. The van der Waals surface area contributed by atoms with Gasteiger partial charge in [0.15, 0.2) is 0 Å². The maximum atomic E-state index is 7.27. The fourth-order valence-electron chi connectivity index (χ4n) is 2.49. The molecule has 3 heteroatoms. The highest BCUT2D eigenvalue weighted by molar-refractivity contribution is 5.76. The number of likely N-dealkylation sites (N-methyl/N-ethyl adjacent to an activating group) is 1. The quantitative estimate of drug-likeness (QED) is 0.581. The molecule has 3 N–H and O–H groups in total. The van der Waals surface area contributed by atoms with Crippen LogP contribution in [0, 0.1) is 5.41 Å². The first-order valence-corrected chi connectivity index (χ1v) is 6.33. The van der Waals surface area contributed by atoms with Crippen molar-refractivity contribution in [1.29, 1.82) is 5.41 Å². The number of hydrogen-bond donors (Lipinski definition) is 2. The van der Waals surface area contributed by atoms with Crippen molar-refractivity contribution >= 4 is 5.84 Å². The molecule has 0 radical (unpaired) electrons. The maximum absolute atomic E-state index is 7.27. The van der Waals surface area contributed by atoms with Crippen LogP contribution in [-0.4, -0.2) is 30.4 Å². The van der Waals surface area contributed by atoms with E-state index in [-0.39, 0.29) is 5.84 Å². The lowest BCUT2D eigenvalue weighted by Crippen LogP contribution is -2.35. The highest BCUT2D eigenvalue weighted by Gasteiger charge is 2.26. The van der Waals surface area contributed by atoms with Crippen LogP contribution in [0.25, 0.3) is 0 Å². The molecule has 0 fully saturated rings. The van der Waals surface area contributed by atoms with E-state index in [0.717, 1.165) is 19.6 Å². The van der Waals surface area contributed by atoms with Crippen LogP contribution in [-0.2, 0) is 6.42 Å². The van der Waals surface area contributed by atoms with E-state index in [2.05, 4.69) is 36.1 Å². The summed E-state index contributed by atoms with van der Waals surface area (Å²) >= 11 is 0. The minimum atomic E-state index is 0.289. The molecule has 17 heavy (non-hydrogen) atoms. The van der Waals surface area contributed by atoms with Crippen molar-refractivity contribution in [2.45, 2.75) is 25.7 Å². The third-order valence-corrected chi connectivity index (χ3v) is 3.58. The number of nitrogens with one attached hydrogen (secondary N) is 1. The lowest BCUT2D eigenvalue weighted by molar-refractivity contribution is 0.266. The van der Waals surface area contributed by atoms with E-state index < -0.39 is 0 Å². The Hall–Kier alpha value is -1.35. The number of nitrogens with zero attached hydrogens (tertiary/aromatic N) is 1. The van der Waals surface area contributed by atoms with Gasteiger partial charge in [0, 0.05) is 25.4 Å². The molecule has 1 aliphatic carbocycles. The summed E-state index contributed by atoms with van der Waals surface area (Å²) in [6.45, 7) is 5.21. The molecule has 0 bridgehead atoms. The Morgan fingerprint density at radius 1 is 1.47 bits per heavy atom. The van der Waals surface area contributed by atoms with Gasteiger partial charge in [0.25, 0.3) is 0 Å². The van der Waals surface area contributed by atoms with Crippen LogP contribution >= 0.6 is 0 Å². The van der Waals surface area contributed by atoms with Gasteiger partial charge in [0.1, 0.15) is 0 Å². The molecule has 92 valence electrons. The van der Waals surface area contributed by atoms with E-state index >= 15 is 0 Å². The number of rotatable bonds is 6. The number of benzene rings is 1. The smallest absolute Gasteiger partial charge is 0.0918 e. The summed E-state index contributed by atoms with van der Waals surface area (Å²) in [6.07, 6.45) is 1.88. The van der Waals surface area contributed by atoms with Gasteiger partial charge < -0.3 is 10.6 Å². The Balaban J connectivity index is 1.87. The summed E-state index contributed by atoms with van der Waals surface area (Å²) in [4.78, 5) is 2.39. The van der Waals surface area contributed by atoms with E-state index in [9.17, 15) is 0 Å². The molecule has 0 aliphatic heterocycles. The van der Waals surface area contributed by atoms with Crippen LogP contribution < -0.4 is 5.73 Å². The number of nitrogens with two attached hydrogens (primary N) is 1. The van der Waals surface area contributed by atoms with Crippen LogP contribution in [0.15, 0.2) is 24.3 Å². The van der Waals surface area contributed by atoms with Crippen LogP contribution in [0.3, 0.4) is 0 Å². The highest BCUT2D eigenvalue weighted by Crippen LogP contribution is 2.35. The Morgan fingerprint density at radius 2 is 2.24 bits per heavy atom. The second kappa shape index (κ2) is 5.32. The van der Waals surface area contributed by atoms with Crippen LogP contribution in [0.2, 0.25) is 0 Å². The Kier molecular flexibility index (Phi) is 3.79. The lowest BCUT2D eigenvalue weighted by atomic mass is 9.77. The minimum absolute atomic E-state index is 0.289. The Bertz CT molecular complexity index is 400. The summed E-state index contributed by atoms with van der Waals surface area (Å²) in [5.41, 5.74) is 8.41. The van der Waals surface area contributed by atoms with E-state index in [1.54, 1.807) is 0 Å². The highest BCUT2D eigenvalue weighted by atomic mass is 15.1. The predicted molar refractivity (Wildman–Crippen MR) is 71.5 cm³/mol. The van der Waals surface area contributed by atoms with Gasteiger partial charge in [-0.25, -0.2) is 0 Å². The zero-order chi connectivity index (χ0) is 12.3. The second-order valence-electron chi connectivity index (χ2n) is 4.77. The number of amidine groups is 1. The predicted octanol–water partition coefficient (Wildman–Crippen LogP) is 1.97. The zero-order valence-electron chi connectivity index (χ0n) is 10.4. The molecule has 0 saturated heterocycles. The van der Waals surface area contributed by atoms with Crippen LogP contribution in [0.4, 0.5) is 0 Å². The van der Waals surface area contributed by atoms with Gasteiger partial charge in [-0.2, -0.15) is 0 Å². The van der Waals surface area contributed by atoms with Crippen molar-refractivity contribution in [2.75, 3.05) is 19.6 Å². The summed E-state index contributed by atoms with van der Waals surface area (Å²) in [6, 6.07) is 8.69. The fraction of sp³-hybridized carbons (Fsp3) is 0.500.